The second kappa shape index (κ2) is 5.23. The predicted octanol–water partition coefficient (Wildman–Crippen LogP) is 3.64. The quantitative estimate of drug-likeness (QED) is 0.924. The Hall–Kier alpha value is -1.52. The van der Waals surface area contributed by atoms with Gasteiger partial charge in [-0.25, -0.2) is 0 Å². The maximum absolute atomic E-state index is 5.52. The molecule has 0 saturated heterocycles. The summed E-state index contributed by atoms with van der Waals surface area (Å²) in [5.74, 6) is 1.73. The van der Waals surface area contributed by atoms with Crippen molar-refractivity contribution in [3.05, 3.63) is 45.6 Å². The molecule has 100 valence electrons. The summed E-state index contributed by atoms with van der Waals surface area (Å²) in [5, 5.41) is 5.69. The highest BCUT2D eigenvalue weighted by Crippen LogP contribution is 2.35. The highest BCUT2D eigenvalue weighted by atomic mass is 32.1. The van der Waals surface area contributed by atoms with Gasteiger partial charge in [-0.05, 0) is 36.9 Å². The first-order valence-electron chi connectivity index (χ1n) is 6.40. The van der Waals surface area contributed by atoms with Crippen molar-refractivity contribution < 1.29 is 9.47 Å². The largest absolute Gasteiger partial charge is 0.454 e. The minimum absolute atomic E-state index is 0.325. The van der Waals surface area contributed by atoms with Crippen molar-refractivity contribution >= 4 is 11.3 Å². The number of hydrogen-bond acceptors (Lipinski definition) is 4. The predicted molar refractivity (Wildman–Crippen MR) is 76.9 cm³/mol. The molecule has 0 spiro atoms. The van der Waals surface area contributed by atoms with Gasteiger partial charge in [0.05, 0.1) is 0 Å². The number of aryl methyl sites for hydroxylation is 1. The van der Waals surface area contributed by atoms with Crippen molar-refractivity contribution in [3.63, 3.8) is 0 Å². The highest BCUT2D eigenvalue weighted by molar-refractivity contribution is 7.10. The van der Waals surface area contributed by atoms with E-state index in [0.29, 0.717) is 12.8 Å². The molecule has 0 fully saturated rings. The third-order valence-electron chi connectivity index (χ3n) is 3.37. The van der Waals surface area contributed by atoms with Crippen LogP contribution in [-0.2, 0) is 6.54 Å². The van der Waals surface area contributed by atoms with Gasteiger partial charge in [0.1, 0.15) is 0 Å². The summed E-state index contributed by atoms with van der Waals surface area (Å²) in [6, 6.07) is 8.53. The summed E-state index contributed by atoms with van der Waals surface area (Å²) < 4.78 is 10.9. The van der Waals surface area contributed by atoms with Gasteiger partial charge in [-0.2, -0.15) is 0 Å². The lowest BCUT2D eigenvalue weighted by Gasteiger charge is -2.14. The fraction of sp³-hybridized carbons (Fsp3) is 0.333. The van der Waals surface area contributed by atoms with Gasteiger partial charge in [-0.1, -0.05) is 12.1 Å². The fourth-order valence-electron chi connectivity index (χ4n) is 2.31. The number of nitrogens with one attached hydrogen (secondary N) is 1. The normalized spacial score (nSPS) is 14.6. The summed E-state index contributed by atoms with van der Waals surface area (Å²) in [6.45, 7) is 5.46. The van der Waals surface area contributed by atoms with Crippen molar-refractivity contribution in [2.75, 3.05) is 6.79 Å². The maximum atomic E-state index is 5.52. The molecule has 0 radical (unpaired) electrons. The first-order valence-corrected chi connectivity index (χ1v) is 7.28. The Morgan fingerprint density at radius 2 is 2.21 bits per heavy atom. The molecule has 1 aliphatic rings. The Kier molecular flexibility index (Phi) is 3.44. The van der Waals surface area contributed by atoms with E-state index in [1.165, 1.54) is 10.4 Å². The molecule has 1 aromatic carbocycles. The summed E-state index contributed by atoms with van der Waals surface area (Å²) in [4.78, 5) is 1.39. The molecule has 2 aromatic rings. The Morgan fingerprint density at radius 3 is 3.00 bits per heavy atom. The lowest BCUT2D eigenvalue weighted by atomic mass is 10.1. The molecule has 0 bridgehead atoms. The Labute approximate surface area is 117 Å². The van der Waals surface area contributed by atoms with Crippen LogP contribution in [0.1, 0.15) is 29.0 Å². The highest BCUT2D eigenvalue weighted by Gasteiger charge is 2.17. The molecule has 0 saturated carbocycles. The van der Waals surface area contributed by atoms with Crippen LogP contribution in [0.3, 0.4) is 0 Å². The monoisotopic (exact) mass is 275 g/mol. The maximum Gasteiger partial charge on any atom is 0.231 e. The van der Waals surface area contributed by atoms with E-state index in [0.717, 1.165) is 23.6 Å². The number of fused-ring (bicyclic) bond motifs is 1. The molecular weight excluding hydrogens is 258 g/mol. The van der Waals surface area contributed by atoms with Crippen molar-refractivity contribution in [2.24, 2.45) is 0 Å². The Balaban J connectivity index is 1.70. The van der Waals surface area contributed by atoms with Crippen LogP contribution in [0, 0.1) is 6.92 Å². The Bertz CT molecular complexity index is 579. The van der Waals surface area contributed by atoms with Gasteiger partial charge in [0.25, 0.3) is 0 Å². The van der Waals surface area contributed by atoms with Crippen LogP contribution in [0.2, 0.25) is 0 Å². The molecule has 1 N–H and O–H groups in total. The third kappa shape index (κ3) is 2.46. The first kappa shape index (κ1) is 12.5. The van der Waals surface area contributed by atoms with E-state index in [4.69, 9.17) is 9.47 Å². The van der Waals surface area contributed by atoms with Crippen molar-refractivity contribution in [3.8, 4) is 11.5 Å². The molecule has 1 unspecified atom stereocenters. The third-order valence-corrected chi connectivity index (χ3v) is 4.57. The van der Waals surface area contributed by atoms with E-state index in [1.54, 1.807) is 11.3 Å². The van der Waals surface area contributed by atoms with E-state index >= 15 is 0 Å². The van der Waals surface area contributed by atoms with Crippen LogP contribution in [0.4, 0.5) is 0 Å². The van der Waals surface area contributed by atoms with E-state index in [2.05, 4.69) is 36.7 Å². The number of benzene rings is 1. The van der Waals surface area contributed by atoms with E-state index in [-0.39, 0.29) is 0 Å². The molecule has 1 atom stereocenters. The second-order valence-corrected chi connectivity index (χ2v) is 5.67. The van der Waals surface area contributed by atoms with Crippen LogP contribution < -0.4 is 14.8 Å². The topological polar surface area (TPSA) is 30.5 Å². The number of para-hydroxylation sites is 1. The summed E-state index contributed by atoms with van der Waals surface area (Å²) in [6.07, 6.45) is 0. The zero-order valence-corrected chi connectivity index (χ0v) is 11.9. The van der Waals surface area contributed by atoms with Crippen molar-refractivity contribution in [2.45, 2.75) is 26.4 Å². The smallest absolute Gasteiger partial charge is 0.231 e. The van der Waals surface area contributed by atoms with Gasteiger partial charge < -0.3 is 14.8 Å². The average Bonchev–Trinajstić information content (AvgIpc) is 3.04. The number of thiophene rings is 1. The average molecular weight is 275 g/mol. The molecule has 19 heavy (non-hydrogen) atoms. The lowest BCUT2D eigenvalue weighted by molar-refractivity contribution is 0.173. The zero-order valence-electron chi connectivity index (χ0n) is 11.1. The van der Waals surface area contributed by atoms with Gasteiger partial charge in [-0.3, -0.25) is 0 Å². The van der Waals surface area contributed by atoms with Gasteiger partial charge >= 0.3 is 0 Å². The van der Waals surface area contributed by atoms with Crippen LogP contribution in [0.5, 0.6) is 11.5 Å². The first-order chi connectivity index (χ1) is 9.25. The molecule has 0 amide bonds. The molecule has 1 aromatic heterocycles. The summed E-state index contributed by atoms with van der Waals surface area (Å²) in [5.41, 5.74) is 2.50. The molecule has 0 aliphatic carbocycles. The SMILES string of the molecule is Cc1ccsc1C(C)NCc1cccc2c1OCO2. The van der Waals surface area contributed by atoms with E-state index in [9.17, 15) is 0 Å². The molecule has 4 heteroatoms. The van der Waals surface area contributed by atoms with Gasteiger partial charge in [0.2, 0.25) is 6.79 Å². The molecule has 3 nitrogen and oxygen atoms in total. The van der Waals surface area contributed by atoms with E-state index in [1.807, 2.05) is 12.1 Å². The van der Waals surface area contributed by atoms with Gasteiger partial charge in [0, 0.05) is 23.0 Å². The summed E-state index contributed by atoms with van der Waals surface area (Å²) in [7, 11) is 0. The van der Waals surface area contributed by atoms with Crippen molar-refractivity contribution in [1.82, 2.24) is 5.32 Å². The number of hydrogen-bond donors (Lipinski definition) is 1. The zero-order chi connectivity index (χ0) is 13.2. The minimum atomic E-state index is 0.325. The molecular formula is C15H17NO2S. The molecule has 3 rings (SSSR count). The number of rotatable bonds is 4. The standard InChI is InChI=1S/C15H17NO2S/c1-10-6-7-19-15(10)11(2)16-8-12-4-3-5-13-14(12)18-9-17-13/h3-7,11,16H,8-9H2,1-2H3. The molecule has 1 aliphatic heterocycles. The fourth-order valence-corrected chi connectivity index (χ4v) is 3.27. The van der Waals surface area contributed by atoms with Crippen LogP contribution in [-0.4, -0.2) is 6.79 Å². The molecule has 2 heterocycles. The lowest BCUT2D eigenvalue weighted by Crippen LogP contribution is -2.18. The van der Waals surface area contributed by atoms with Gasteiger partial charge in [0.15, 0.2) is 11.5 Å². The number of ether oxygens (including phenoxy) is 2. The van der Waals surface area contributed by atoms with Crippen LogP contribution in [0.15, 0.2) is 29.6 Å². The van der Waals surface area contributed by atoms with E-state index < -0.39 is 0 Å². The van der Waals surface area contributed by atoms with Crippen molar-refractivity contribution in [1.29, 1.82) is 0 Å². The van der Waals surface area contributed by atoms with Crippen LogP contribution in [0.25, 0.3) is 0 Å². The van der Waals surface area contributed by atoms with Gasteiger partial charge in [-0.15, -0.1) is 11.3 Å². The Morgan fingerprint density at radius 1 is 1.32 bits per heavy atom. The minimum Gasteiger partial charge on any atom is -0.454 e. The summed E-state index contributed by atoms with van der Waals surface area (Å²) >= 11 is 1.80. The second-order valence-electron chi connectivity index (χ2n) is 4.72. The van der Waals surface area contributed by atoms with Crippen LogP contribution >= 0.6 is 11.3 Å².